The number of urea groups is 1. The second-order valence-corrected chi connectivity index (χ2v) is 7.38. The summed E-state index contributed by atoms with van der Waals surface area (Å²) in [7, 11) is -3.33. The van der Waals surface area contributed by atoms with Crippen molar-refractivity contribution in [3.8, 4) is 0 Å². The SMILES string of the molecule is CS(=O)(=O)N1CCC(N2CC(=O)N(CC(F)(F)F)C2=O)CC1. The van der Waals surface area contributed by atoms with E-state index in [0.29, 0.717) is 12.8 Å². The van der Waals surface area contributed by atoms with Gasteiger partial charge in [-0.2, -0.15) is 13.2 Å². The molecule has 11 heteroatoms. The van der Waals surface area contributed by atoms with Crippen LogP contribution in [0.5, 0.6) is 0 Å². The van der Waals surface area contributed by atoms with Crippen molar-refractivity contribution >= 4 is 22.0 Å². The highest BCUT2D eigenvalue weighted by molar-refractivity contribution is 7.88. The van der Waals surface area contributed by atoms with Crippen LogP contribution >= 0.6 is 0 Å². The Morgan fingerprint density at radius 2 is 1.73 bits per heavy atom. The van der Waals surface area contributed by atoms with Crippen molar-refractivity contribution in [3.05, 3.63) is 0 Å². The van der Waals surface area contributed by atoms with Gasteiger partial charge in [-0.3, -0.25) is 9.69 Å². The van der Waals surface area contributed by atoms with Gasteiger partial charge < -0.3 is 4.90 Å². The second-order valence-electron chi connectivity index (χ2n) is 5.40. The Balaban J connectivity index is 2.00. The normalized spacial score (nSPS) is 22.7. The third kappa shape index (κ3) is 3.69. The van der Waals surface area contributed by atoms with Gasteiger partial charge in [-0.25, -0.2) is 17.5 Å². The number of rotatable bonds is 3. The van der Waals surface area contributed by atoms with Crippen molar-refractivity contribution in [1.29, 1.82) is 0 Å². The summed E-state index contributed by atoms with van der Waals surface area (Å²) < 4.78 is 61.1. The lowest BCUT2D eigenvalue weighted by molar-refractivity contribution is -0.151. The van der Waals surface area contributed by atoms with Crippen LogP contribution in [0.15, 0.2) is 0 Å². The van der Waals surface area contributed by atoms with Gasteiger partial charge >= 0.3 is 12.2 Å². The lowest BCUT2D eigenvalue weighted by Crippen LogP contribution is -2.48. The van der Waals surface area contributed by atoms with Crippen LogP contribution in [0.4, 0.5) is 18.0 Å². The first-order valence-corrected chi connectivity index (χ1v) is 8.47. The Labute approximate surface area is 125 Å². The first kappa shape index (κ1) is 17.0. The molecule has 0 N–H and O–H groups in total. The number of nitrogens with zero attached hydrogens (tertiary/aromatic N) is 3. The second kappa shape index (κ2) is 5.69. The van der Waals surface area contributed by atoms with Gasteiger partial charge in [-0.15, -0.1) is 0 Å². The lowest BCUT2D eigenvalue weighted by Gasteiger charge is -2.34. The van der Waals surface area contributed by atoms with Gasteiger partial charge in [-0.05, 0) is 12.8 Å². The summed E-state index contributed by atoms with van der Waals surface area (Å²) in [6, 6.07) is -1.38. The molecule has 2 heterocycles. The zero-order valence-corrected chi connectivity index (χ0v) is 12.7. The number of hydrogen-bond acceptors (Lipinski definition) is 4. The Morgan fingerprint density at radius 3 is 2.18 bits per heavy atom. The van der Waals surface area contributed by atoms with Crippen molar-refractivity contribution in [1.82, 2.24) is 14.1 Å². The molecule has 2 aliphatic heterocycles. The first-order valence-electron chi connectivity index (χ1n) is 6.62. The minimum absolute atomic E-state index is 0.181. The van der Waals surface area contributed by atoms with Crippen LogP contribution in [0.1, 0.15) is 12.8 Å². The van der Waals surface area contributed by atoms with Crippen LogP contribution in [-0.2, 0) is 14.8 Å². The standard InChI is InChI=1S/C11H16F3N3O4S/c1-22(20,21)15-4-2-8(3-5-15)16-6-9(18)17(10(16)19)7-11(12,13)14/h8H,2-7H2,1H3. The van der Waals surface area contributed by atoms with Crippen molar-refractivity contribution in [2.75, 3.05) is 32.4 Å². The Bertz CT molecular complexity index is 570. The van der Waals surface area contributed by atoms with Crippen molar-refractivity contribution in [3.63, 3.8) is 0 Å². The zero-order valence-electron chi connectivity index (χ0n) is 11.8. The van der Waals surface area contributed by atoms with Crippen LogP contribution in [0.2, 0.25) is 0 Å². The highest BCUT2D eigenvalue weighted by Gasteiger charge is 2.45. The van der Waals surface area contributed by atoms with E-state index in [1.807, 2.05) is 0 Å². The molecule has 0 spiro atoms. The summed E-state index contributed by atoms with van der Waals surface area (Å²) in [6.45, 7) is -1.62. The molecule has 0 unspecified atom stereocenters. The van der Waals surface area contributed by atoms with Crippen molar-refractivity contribution in [2.45, 2.75) is 25.1 Å². The summed E-state index contributed by atoms with van der Waals surface area (Å²) >= 11 is 0. The Morgan fingerprint density at radius 1 is 1.18 bits per heavy atom. The molecule has 0 atom stereocenters. The molecule has 0 radical (unpaired) electrons. The molecule has 0 aromatic heterocycles. The maximum atomic E-state index is 12.4. The topological polar surface area (TPSA) is 78.0 Å². The summed E-state index contributed by atoms with van der Waals surface area (Å²) in [6.07, 6.45) is -2.97. The van der Waals surface area contributed by atoms with E-state index in [0.717, 1.165) is 11.2 Å². The van der Waals surface area contributed by atoms with E-state index < -0.39 is 47.3 Å². The van der Waals surface area contributed by atoms with Crippen LogP contribution in [0, 0.1) is 0 Å². The van der Waals surface area contributed by atoms with Gasteiger partial charge in [0, 0.05) is 19.1 Å². The number of halogens is 3. The first-order chi connectivity index (χ1) is 9.99. The molecule has 126 valence electrons. The minimum atomic E-state index is -4.64. The molecule has 2 saturated heterocycles. The fourth-order valence-corrected chi connectivity index (χ4v) is 3.54. The highest BCUT2D eigenvalue weighted by atomic mass is 32.2. The van der Waals surface area contributed by atoms with Gasteiger partial charge in [0.15, 0.2) is 0 Å². The van der Waals surface area contributed by atoms with Crippen LogP contribution in [-0.4, -0.2) is 79.1 Å². The van der Waals surface area contributed by atoms with E-state index in [1.165, 1.54) is 4.31 Å². The summed E-state index contributed by atoms with van der Waals surface area (Å²) in [4.78, 5) is 24.9. The molecule has 0 aliphatic carbocycles. The zero-order chi connectivity index (χ0) is 16.7. The molecule has 2 aliphatic rings. The molecule has 0 bridgehead atoms. The summed E-state index contributed by atoms with van der Waals surface area (Å²) in [5.74, 6) is -0.882. The molecular weight excluding hydrogens is 327 g/mol. The molecule has 3 amide bonds. The highest BCUT2D eigenvalue weighted by Crippen LogP contribution is 2.25. The van der Waals surface area contributed by atoms with E-state index in [-0.39, 0.29) is 18.0 Å². The maximum absolute atomic E-state index is 12.4. The predicted octanol–water partition coefficient (Wildman–Crippen LogP) is 0.237. The smallest absolute Gasteiger partial charge is 0.312 e. The molecule has 7 nitrogen and oxygen atoms in total. The van der Waals surface area contributed by atoms with E-state index in [9.17, 15) is 31.2 Å². The van der Waals surface area contributed by atoms with Crippen molar-refractivity contribution < 1.29 is 31.2 Å². The molecule has 2 rings (SSSR count). The van der Waals surface area contributed by atoms with Crippen LogP contribution in [0.3, 0.4) is 0 Å². The fraction of sp³-hybridized carbons (Fsp3) is 0.818. The summed E-state index contributed by atoms with van der Waals surface area (Å²) in [5, 5.41) is 0. The Kier molecular flexibility index (Phi) is 4.39. The molecular formula is C11H16F3N3O4S. The number of imide groups is 1. The summed E-state index contributed by atoms with van der Waals surface area (Å²) in [5.41, 5.74) is 0. The Hall–Kier alpha value is -1.36. The van der Waals surface area contributed by atoms with Gasteiger partial charge in [0.2, 0.25) is 10.0 Å². The molecule has 2 fully saturated rings. The van der Waals surface area contributed by atoms with Gasteiger partial charge in [0.25, 0.3) is 5.91 Å². The average molecular weight is 343 g/mol. The number of sulfonamides is 1. The largest absolute Gasteiger partial charge is 0.406 e. The van der Waals surface area contributed by atoms with E-state index in [1.54, 1.807) is 0 Å². The third-order valence-electron chi connectivity index (χ3n) is 3.75. The molecule has 0 saturated carbocycles. The van der Waals surface area contributed by atoms with Crippen LogP contribution in [0.25, 0.3) is 0 Å². The monoisotopic (exact) mass is 343 g/mol. The van der Waals surface area contributed by atoms with Gasteiger partial charge in [0.05, 0.1) is 6.26 Å². The number of alkyl halides is 3. The number of piperidine rings is 1. The predicted molar refractivity (Wildman–Crippen MR) is 69.3 cm³/mol. The van der Waals surface area contributed by atoms with E-state index in [2.05, 4.69) is 0 Å². The number of carbonyl (C=O) groups excluding carboxylic acids is 2. The van der Waals surface area contributed by atoms with Crippen molar-refractivity contribution in [2.24, 2.45) is 0 Å². The molecule has 0 aromatic carbocycles. The molecule has 22 heavy (non-hydrogen) atoms. The van der Waals surface area contributed by atoms with E-state index in [4.69, 9.17) is 0 Å². The van der Waals surface area contributed by atoms with Gasteiger partial charge in [0.1, 0.15) is 13.1 Å². The third-order valence-corrected chi connectivity index (χ3v) is 5.06. The lowest BCUT2D eigenvalue weighted by atomic mass is 10.1. The van der Waals surface area contributed by atoms with Crippen LogP contribution < -0.4 is 0 Å². The quantitative estimate of drug-likeness (QED) is 0.688. The number of carbonyl (C=O) groups is 2. The average Bonchev–Trinajstić information content (AvgIpc) is 2.64. The number of hydrogen-bond donors (Lipinski definition) is 0. The molecule has 0 aromatic rings. The minimum Gasteiger partial charge on any atom is -0.312 e. The van der Waals surface area contributed by atoms with Gasteiger partial charge in [-0.1, -0.05) is 0 Å². The fourth-order valence-electron chi connectivity index (χ4n) is 2.67. The van der Waals surface area contributed by atoms with E-state index >= 15 is 0 Å². The maximum Gasteiger partial charge on any atom is 0.406 e. The number of amides is 3.